The number of unbranched alkanes of at least 4 members (excludes halogenated alkanes) is 22. The van der Waals surface area contributed by atoms with Gasteiger partial charge in [-0.3, -0.25) is 0 Å². The molecule has 4 atom stereocenters. The molecular formula is C43H86O2. The molecule has 1 rings (SSSR count). The van der Waals surface area contributed by atoms with E-state index in [0.29, 0.717) is 0 Å². The fourth-order valence-corrected chi connectivity index (χ4v) is 7.63. The second-order valence-corrected chi connectivity index (χ2v) is 15.9. The Bertz CT molecular complexity index is 551. The van der Waals surface area contributed by atoms with Gasteiger partial charge in [0, 0.05) is 12.8 Å². The van der Waals surface area contributed by atoms with Gasteiger partial charge >= 0.3 is 0 Å². The van der Waals surface area contributed by atoms with Crippen molar-refractivity contribution in [2.45, 2.75) is 265 Å². The van der Waals surface area contributed by atoms with Gasteiger partial charge in [-0.05, 0) is 38.5 Å². The van der Waals surface area contributed by atoms with Crippen molar-refractivity contribution in [2.24, 2.45) is 11.8 Å². The van der Waals surface area contributed by atoms with Gasteiger partial charge in [0.2, 0.25) is 0 Å². The number of hydrogen-bond donors (Lipinski definition) is 0. The van der Waals surface area contributed by atoms with Crippen molar-refractivity contribution in [1.29, 1.82) is 0 Å². The predicted octanol–water partition coefficient (Wildman–Crippen LogP) is 15.3. The standard InChI is InChI=1S/C43H86O2/c1-7-9-11-13-15-21-27-33-39(3)35-29-23-17-19-25-31-37-43(44-41(5)42(6)45-43)38-32-26-20-18-24-30-36-40(4)34-28-22-16-14-12-10-8-2/h39-42H,7-38H2,1-6H3. The molecule has 0 spiro atoms. The molecule has 270 valence electrons. The lowest BCUT2D eigenvalue weighted by molar-refractivity contribution is -0.184. The van der Waals surface area contributed by atoms with Crippen molar-refractivity contribution in [3.8, 4) is 0 Å². The molecule has 45 heavy (non-hydrogen) atoms. The Labute approximate surface area is 285 Å². The largest absolute Gasteiger partial charge is 0.344 e. The van der Waals surface area contributed by atoms with Gasteiger partial charge in [-0.25, -0.2) is 0 Å². The third kappa shape index (κ3) is 24.7. The van der Waals surface area contributed by atoms with E-state index in [2.05, 4.69) is 41.5 Å². The number of ether oxygens (including phenoxy) is 2. The molecule has 0 N–H and O–H groups in total. The third-order valence-corrected chi connectivity index (χ3v) is 11.1. The zero-order valence-corrected chi connectivity index (χ0v) is 32.3. The molecule has 1 saturated heterocycles. The van der Waals surface area contributed by atoms with Crippen molar-refractivity contribution >= 4 is 0 Å². The van der Waals surface area contributed by atoms with Crippen LogP contribution in [0.3, 0.4) is 0 Å². The first-order valence-corrected chi connectivity index (χ1v) is 21.3. The van der Waals surface area contributed by atoms with E-state index in [9.17, 15) is 0 Å². The van der Waals surface area contributed by atoms with Crippen LogP contribution in [0.25, 0.3) is 0 Å². The summed E-state index contributed by atoms with van der Waals surface area (Å²) < 4.78 is 13.0. The van der Waals surface area contributed by atoms with E-state index >= 15 is 0 Å². The van der Waals surface area contributed by atoms with Gasteiger partial charge in [0.1, 0.15) is 0 Å². The molecule has 1 fully saturated rings. The van der Waals surface area contributed by atoms with Gasteiger partial charge in [0.15, 0.2) is 5.79 Å². The Balaban J connectivity index is 2.04. The van der Waals surface area contributed by atoms with Crippen molar-refractivity contribution in [3.05, 3.63) is 0 Å². The summed E-state index contributed by atoms with van der Waals surface area (Å²) in [4.78, 5) is 0. The summed E-state index contributed by atoms with van der Waals surface area (Å²) in [7, 11) is 0. The highest BCUT2D eigenvalue weighted by molar-refractivity contribution is 4.82. The van der Waals surface area contributed by atoms with Crippen LogP contribution in [-0.4, -0.2) is 18.0 Å². The first-order valence-electron chi connectivity index (χ1n) is 21.3. The maximum Gasteiger partial charge on any atom is 0.169 e. The molecule has 0 aromatic rings. The second-order valence-electron chi connectivity index (χ2n) is 15.9. The van der Waals surface area contributed by atoms with Crippen molar-refractivity contribution in [2.75, 3.05) is 0 Å². The third-order valence-electron chi connectivity index (χ3n) is 11.1. The molecule has 1 heterocycles. The first kappa shape index (κ1) is 42.9. The van der Waals surface area contributed by atoms with Crippen LogP contribution in [-0.2, 0) is 9.47 Å². The van der Waals surface area contributed by atoms with Crippen LogP contribution in [0.4, 0.5) is 0 Å². The second kappa shape index (κ2) is 30.0. The molecule has 0 saturated carbocycles. The summed E-state index contributed by atoms with van der Waals surface area (Å²) in [6, 6.07) is 0. The Kier molecular flexibility index (Phi) is 28.6. The quantitative estimate of drug-likeness (QED) is 0.0656. The van der Waals surface area contributed by atoms with Crippen molar-refractivity contribution in [1.82, 2.24) is 0 Å². The summed E-state index contributed by atoms with van der Waals surface area (Å²) in [5.41, 5.74) is 0. The van der Waals surface area contributed by atoms with Crippen LogP contribution in [0.2, 0.25) is 0 Å². The monoisotopic (exact) mass is 635 g/mol. The van der Waals surface area contributed by atoms with Gasteiger partial charge in [0.05, 0.1) is 12.2 Å². The summed E-state index contributed by atoms with van der Waals surface area (Å²) >= 11 is 0. The van der Waals surface area contributed by atoms with Crippen molar-refractivity contribution in [3.63, 3.8) is 0 Å². The molecule has 4 unspecified atom stereocenters. The summed E-state index contributed by atoms with van der Waals surface area (Å²) in [5, 5.41) is 0. The molecule has 0 bridgehead atoms. The first-order chi connectivity index (χ1) is 21.9. The molecule has 0 aliphatic carbocycles. The van der Waals surface area contributed by atoms with E-state index < -0.39 is 0 Å². The van der Waals surface area contributed by atoms with Crippen LogP contribution in [0.1, 0.15) is 247 Å². The summed E-state index contributed by atoms with van der Waals surface area (Å²) in [6.07, 6.45) is 45.0. The topological polar surface area (TPSA) is 18.5 Å². The SMILES string of the molecule is CCCCCCCCCC(C)CCCCCCCCC1(CCCCCCCCC(C)CCCCCCCCC)OC(C)C(C)O1. The number of rotatable bonds is 34. The highest BCUT2D eigenvalue weighted by Gasteiger charge is 2.42. The Morgan fingerprint density at radius 3 is 0.911 bits per heavy atom. The smallest absolute Gasteiger partial charge is 0.169 e. The predicted molar refractivity (Wildman–Crippen MR) is 201 cm³/mol. The minimum absolute atomic E-state index is 0.232. The van der Waals surface area contributed by atoms with Gasteiger partial charge in [-0.1, -0.05) is 207 Å². The van der Waals surface area contributed by atoms with Crippen LogP contribution in [0, 0.1) is 11.8 Å². The van der Waals surface area contributed by atoms with Gasteiger partial charge < -0.3 is 9.47 Å². The molecule has 2 nitrogen and oxygen atoms in total. The average molecular weight is 635 g/mol. The Morgan fingerprint density at radius 1 is 0.378 bits per heavy atom. The minimum atomic E-state index is -0.296. The Morgan fingerprint density at radius 2 is 0.622 bits per heavy atom. The Hall–Kier alpha value is -0.0800. The van der Waals surface area contributed by atoms with E-state index in [-0.39, 0.29) is 18.0 Å². The van der Waals surface area contributed by atoms with Crippen LogP contribution in [0.5, 0.6) is 0 Å². The summed E-state index contributed by atoms with van der Waals surface area (Å²) in [6.45, 7) is 14.0. The van der Waals surface area contributed by atoms with E-state index in [1.165, 1.54) is 193 Å². The van der Waals surface area contributed by atoms with E-state index in [0.717, 1.165) is 24.7 Å². The fourth-order valence-electron chi connectivity index (χ4n) is 7.63. The average Bonchev–Trinajstić information content (AvgIpc) is 3.31. The van der Waals surface area contributed by atoms with Crippen LogP contribution in [0.15, 0.2) is 0 Å². The van der Waals surface area contributed by atoms with Gasteiger partial charge in [-0.2, -0.15) is 0 Å². The van der Waals surface area contributed by atoms with Crippen LogP contribution < -0.4 is 0 Å². The molecule has 0 radical (unpaired) electrons. The van der Waals surface area contributed by atoms with E-state index in [1.807, 2.05) is 0 Å². The highest BCUT2D eigenvalue weighted by Crippen LogP contribution is 2.37. The van der Waals surface area contributed by atoms with Gasteiger partial charge in [-0.15, -0.1) is 0 Å². The van der Waals surface area contributed by atoms with E-state index in [1.54, 1.807) is 0 Å². The number of hydrogen-bond acceptors (Lipinski definition) is 2. The molecular weight excluding hydrogens is 548 g/mol. The van der Waals surface area contributed by atoms with Crippen LogP contribution >= 0.6 is 0 Å². The molecule has 0 aromatic carbocycles. The molecule has 2 heteroatoms. The lowest BCUT2D eigenvalue weighted by Gasteiger charge is -2.28. The maximum absolute atomic E-state index is 6.51. The molecule has 0 amide bonds. The maximum atomic E-state index is 6.51. The minimum Gasteiger partial charge on any atom is -0.344 e. The summed E-state index contributed by atoms with van der Waals surface area (Å²) in [5.74, 6) is 1.55. The van der Waals surface area contributed by atoms with Crippen molar-refractivity contribution < 1.29 is 9.47 Å². The van der Waals surface area contributed by atoms with Gasteiger partial charge in [0.25, 0.3) is 0 Å². The van der Waals surface area contributed by atoms with E-state index in [4.69, 9.17) is 9.47 Å². The zero-order chi connectivity index (χ0) is 32.9. The normalized spacial score (nSPS) is 21.5. The molecule has 1 aliphatic rings. The lowest BCUT2D eigenvalue weighted by atomic mass is 9.95. The highest BCUT2D eigenvalue weighted by atomic mass is 16.8. The lowest BCUT2D eigenvalue weighted by Crippen LogP contribution is -2.31. The molecule has 1 aliphatic heterocycles. The fraction of sp³-hybridized carbons (Fsp3) is 1.00. The molecule has 0 aromatic heterocycles. The zero-order valence-electron chi connectivity index (χ0n) is 32.3.